The Kier molecular flexibility index (Phi) is 2.93. The Hall–Kier alpha value is -1.03. The third-order valence-corrected chi connectivity index (χ3v) is 2.15. The Morgan fingerprint density at radius 2 is 1.85 bits per heavy atom. The Morgan fingerprint density at radius 1 is 1.31 bits per heavy atom. The second-order valence-corrected chi connectivity index (χ2v) is 4.57. The smallest absolute Gasteiger partial charge is 0.229 e. The fraction of sp³-hybridized carbons (Fsp3) is 0.222. The predicted octanol–water partition coefficient (Wildman–Crippen LogP) is 1.43. The maximum absolute atomic E-state index is 10.8. The van der Waals surface area contributed by atoms with E-state index in [1.165, 1.54) is 0 Å². The molecule has 1 radical (unpaired) electrons. The summed E-state index contributed by atoms with van der Waals surface area (Å²) < 4.78 is 24.0. The van der Waals surface area contributed by atoms with E-state index in [1.807, 2.05) is 12.1 Å². The van der Waals surface area contributed by atoms with Crippen molar-refractivity contribution in [2.75, 3.05) is 11.0 Å². The lowest BCUT2D eigenvalue weighted by atomic mass is 10.2. The van der Waals surface area contributed by atoms with Gasteiger partial charge in [0.25, 0.3) is 0 Å². The van der Waals surface area contributed by atoms with E-state index in [-0.39, 0.29) is 0 Å². The highest BCUT2D eigenvalue weighted by molar-refractivity contribution is 7.92. The summed E-state index contributed by atoms with van der Waals surface area (Å²) in [6.45, 7) is 3.72. The summed E-state index contributed by atoms with van der Waals surface area (Å²) in [7, 11) is -3.16. The van der Waals surface area contributed by atoms with Crippen molar-refractivity contribution in [2.45, 2.75) is 6.42 Å². The van der Waals surface area contributed by atoms with Gasteiger partial charge in [-0.15, -0.1) is 0 Å². The molecule has 1 aromatic rings. The van der Waals surface area contributed by atoms with Gasteiger partial charge in [-0.05, 0) is 31.0 Å². The average Bonchev–Trinajstić information content (AvgIpc) is 2.03. The second-order valence-electron chi connectivity index (χ2n) is 2.82. The fourth-order valence-corrected chi connectivity index (χ4v) is 1.52. The molecule has 1 aromatic carbocycles. The van der Waals surface area contributed by atoms with E-state index < -0.39 is 10.0 Å². The van der Waals surface area contributed by atoms with Crippen LogP contribution in [0, 0.1) is 6.92 Å². The molecular formula is C9H12NO2S. The Balaban J connectivity index is 2.81. The molecule has 0 saturated heterocycles. The van der Waals surface area contributed by atoms with Gasteiger partial charge in [0.05, 0.1) is 6.26 Å². The van der Waals surface area contributed by atoms with E-state index in [0.29, 0.717) is 12.1 Å². The van der Waals surface area contributed by atoms with Crippen molar-refractivity contribution in [3.8, 4) is 0 Å². The molecular weight excluding hydrogens is 186 g/mol. The lowest BCUT2D eigenvalue weighted by Gasteiger charge is -2.03. The van der Waals surface area contributed by atoms with Gasteiger partial charge in [0.15, 0.2) is 0 Å². The predicted molar refractivity (Wildman–Crippen MR) is 54.0 cm³/mol. The molecule has 0 atom stereocenters. The first-order chi connectivity index (χ1) is 6.01. The number of rotatable bonds is 3. The zero-order valence-corrected chi connectivity index (χ0v) is 8.26. The third kappa shape index (κ3) is 3.46. The number of nitrogens with one attached hydrogen (secondary N) is 1. The van der Waals surface area contributed by atoms with E-state index in [2.05, 4.69) is 11.6 Å². The van der Waals surface area contributed by atoms with E-state index in [4.69, 9.17) is 0 Å². The summed E-state index contributed by atoms with van der Waals surface area (Å²) in [6, 6.07) is 7.14. The van der Waals surface area contributed by atoms with Gasteiger partial charge in [-0.3, -0.25) is 4.72 Å². The number of sulfonamides is 1. The molecule has 1 rings (SSSR count). The molecule has 0 unspecified atom stereocenters. The van der Waals surface area contributed by atoms with Crippen LogP contribution in [-0.4, -0.2) is 14.7 Å². The van der Waals surface area contributed by atoms with Crippen molar-refractivity contribution in [2.24, 2.45) is 0 Å². The molecule has 71 valence electrons. The van der Waals surface area contributed by atoms with Gasteiger partial charge in [0.1, 0.15) is 0 Å². The quantitative estimate of drug-likeness (QED) is 0.798. The summed E-state index contributed by atoms with van der Waals surface area (Å²) in [6.07, 6.45) is 1.83. The van der Waals surface area contributed by atoms with Crippen LogP contribution in [0.15, 0.2) is 24.3 Å². The molecule has 1 N–H and O–H groups in total. The molecule has 0 saturated carbocycles. The van der Waals surface area contributed by atoms with Crippen LogP contribution in [0.5, 0.6) is 0 Å². The van der Waals surface area contributed by atoms with Crippen molar-refractivity contribution < 1.29 is 8.42 Å². The minimum atomic E-state index is -3.16. The number of benzene rings is 1. The average molecular weight is 198 g/mol. The highest BCUT2D eigenvalue weighted by Gasteiger charge is 2.00. The summed E-state index contributed by atoms with van der Waals surface area (Å²) in [5, 5.41) is 0. The van der Waals surface area contributed by atoms with Crippen LogP contribution in [0.4, 0.5) is 5.69 Å². The largest absolute Gasteiger partial charge is 0.284 e. The molecule has 0 amide bonds. The van der Waals surface area contributed by atoms with Crippen LogP contribution >= 0.6 is 0 Å². The van der Waals surface area contributed by atoms with Gasteiger partial charge < -0.3 is 0 Å². The van der Waals surface area contributed by atoms with Crippen LogP contribution in [0.25, 0.3) is 0 Å². The Labute approximate surface area is 78.8 Å². The minimum absolute atomic E-state index is 0.583. The lowest BCUT2D eigenvalue weighted by molar-refractivity contribution is 0.607. The molecule has 0 aliphatic rings. The van der Waals surface area contributed by atoms with Crippen molar-refractivity contribution in [1.29, 1.82) is 0 Å². The molecule has 0 aliphatic carbocycles. The maximum Gasteiger partial charge on any atom is 0.229 e. The number of hydrogen-bond acceptors (Lipinski definition) is 2. The van der Waals surface area contributed by atoms with Gasteiger partial charge >= 0.3 is 0 Å². The topological polar surface area (TPSA) is 46.2 Å². The molecule has 13 heavy (non-hydrogen) atoms. The highest BCUT2D eigenvalue weighted by atomic mass is 32.2. The summed E-state index contributed by atoms with van der Waals surface area (Å²) in [4.78, 5) is 0. The van der Waals surface area contributed by atoms with Crippen LogP contribution in [-0.2, 0) is 16.4 Å². The number of anilines is 1. The SMILES string of the molecule is [CH2]Cc1ccc(NS(C)(=O)=O)cc1. The van der Waals surface area contributed by atoms with Crippen molar-refractivity contribution in [3.63, 3.8) is 0 Å². The van der Waals surface area contributed by atoms with E-state index in [1.54, 1.807) is 12.1 Å². The third-order valence-electron chi connectivity index (χ3n) is 1.55. The maximum atomic E-state index is 10.8. The van der Waals surface area contributed by atoms with Crippen LogP contribution in [0.2, 0.25) is 0 Å². The Morgan fingerprint density at radius 3 is 2.23 bits per heavy atom. The molecule has 0 aliphatic heterocycles. The monoisotopic (exact) mass is 198 g/mol. The van der Waals surface area contributed by atoms with Gasteiger partial charge in [0, 0.05) is 5.69 Å². The molecule has 0 heterocycles. The molecule has 4 heteroatoms. The van der Waals surface area contributed by atoms with E-state index >= 15 is 0 Å². The molecule has 0 spiro atoms. The fourth-order valence-electron chi connectivity index (χ4n) is 0.954. The highest BCUT2D eigenvalue weighted by Crippen LogP contribution is 2.10. The van der Waals surface area contributed by atoms with Gasteiger partial charge in [-0.2, -0.15) is 0 Å². The molecule has 3 nitrogen and oxygen atoms in total. The first-order valence-electron chi connectivity index (χ1n) is 3.87. The van der Waals surface area contributed by atoms with Gasteiger partial charge in [-0.1, -0.05) is 12.1 Å². The minimum Gasteiger partial charge on any atom is -0.284 e. The molecule has 0 bridgehead atoms. The second kappa shape index (κ2) is 3.79. The molecule has 0 aromatic heterocycles. The Bertz CT molecular complexity index is 367. The summed E-state index contributed by atoms with van der Waals surface area (Å²) >= 11 is 0. The zero-order valence-electron chi connectivity index (χ0n) is 7.45. The van der Waals surface area contributed by atoms with Crippen molar-refractivity contribution in [1.82, 2.24) is 0 Å². The standard InChI is InChI=1S/C9H12NO2S/c1-3-8-4-6-9(7-5-8)10-13(2,11)12/h4-7,10H,1,3H2,2H3. The van der Waals surface area contributed by atoms with Crippen LogP contribution < -0.4 is 4.72 Å². The van der Waals surface area contributed by atoms with E-state index in [0.717, 1.165) is 11.8 Å². The van der Waals surface area contributed by atoms with Gasteiger partial charge in [0.2, 0.25) is 10.0 Å². The number of hydrogen-bond donors (Lipinski definition) is 1. The first kappa shape index (κ1) is 10.1. The zero-order chi connectivity index (χ0) is 9.90. The summed E-state index contributed by atoms with van der Waals surface area (Å²) in [5.74, 6) is 0. The normalized spacial score (nSPS) is 11.2. The van der Waals surface area contributed by atoms with Gasteiger partial charge in [-0.25, -0.2) is 8.42 Å². The first-order valence-corrected chi connectivity index (χ1v) is 5.76. The van der Waals surface area contributed by atoms with Crippen LogP contribution in [0.3, 0.4) is 0 Å². The van der Waals surface area contributed by atoms with Crippen molar-refractivity contribution >= 4 is 15.7 Å². The molecule has 0 fully saturated rings. The van der Waals surface area contributed by atoms with Crippen molar-refractivity contribution in [3.05, 3.63) is 36.8 Å². The lowest BCUT2D eigenvalue weighted by Crippen LogP contribution is -2.09. The summed E-state index contributed by atoms with van der Waals surface area (Å²) in [5.41, 5.74) is 1.67. The van der Waals surface area contributed by atoms with E-state index in [9.17, 15) is 8.42 Å². The van der Waals surface area contributed by atoms with Crippen LogP contribution in [0.1, 0.15) is 5.56 Å².